The fourth-order valence-corrected chi connectivity index (χ4v) is 3.27. The predicted octanol–water partition coefficient (Wildman–Crippen LogP) is 3.84. The summed E-state index contributed by atoms with van der Waals surface area (Å²) in [4.78, 5) is 45.2. The number of hydrogen-bond donors (Lipinski definition) is 0. The highest BCUT2D eigenvalue weighted by Crippen LogP contribution is 2.30. The first-order valence-electron chi connectivity index (χ1n) is 9.34. The van der Waals surface area contributed by atoms with Crippen molar-refractivity contribution in [2.75, 3.05) is 0 Å². The van der Waals surface area contributed by atoms with E-state index >= 15 is 0 Å². The van der Waals surface area contributed by atoms with Crippen molar-refractivity contribution in [2.45, 2.75) is 32.0 Å². The number of cyclic esters (lactones) is 1. The number of benzene rings is 2. The number of nitro groups is 2. The average molecular weight is 426 g/mol. The third-order valence-corrected chi connectivity index (χ3v) is 4.64. The van der Waals surface area contributed by atoms with Crippen molar-refractivity contribution in [1.82, 2.24) is 0 Å². The Hall–Kier alpha value is -4.08. The van der Waals surface area contributed by atoms with Crippen LogP contribution in [0.3, 0.4) is 0 Å². The summed E-state index contributed by atoms with van der Waals surface area (Å²) in [5, 5.41) is 22.2. The van der Waals surface area contributed by atoms with E-state index in [2.05, 4.69) is 0 Å². The van der Waals surface area contributed by atoms with Crippen molar-refractivity contribution >= 4 is 23.3 Å². The van der Waals surface area contributed by atoms with Crippen LogP contribution < -0.4 is 0 Å². The molecule has 0 fully saturated rings. The van der Waals surface area contributed by atoms with Crippen molar-refractivity contribution in [3.63, 3.8) is 0 Å². The second-order valence-corrected chi connectivity index (χ2v) is 6.93. The van der Waals surface area contributed by atoms with Gasteiger partial charge >= 0.3 is 11.9 Å². The Bertz CT molecular complexity index is 1050. The molecule has 160 valence electrons. The molecule has 0 radical (unpaired) electrons. The second-order valence-electron chi connectivity index (χ2n) is 6.93. The fourth-order valence-electron chi connectivity index (χ4n) is 3.27. The third-order valence-electron chi connectivity index (χ3n) is 4.64. The summed E-state index contributed by atoms with van der Waals surface area (Å²) in [7, 11) is 0. The number of hydrogen-bond acceptors (Lipinski definition) is 8. The monoisotopic (exact) mass is 426 g/mol. The Kier molecular flexibility index (Phi) is 6.39. The maximum atomic E-state index is 12.8. The Morgan fingerprint density at radius 1 is 1.10 bits per heavy atom. The smallest absolute Gasteiger partial charge is 0.339 e. The molecule has 2 aromatic rings. The van der Waals surface area contributed by atoms with E-state index in [1.807, 2.05) is 6.07 Å². The highest BCUT2D eigenvalue weighted by atomic mass is 16.6. The van der Waals surface area contributed by atoms with Crippen LogP contribution in [0.2, 0.25) is 0 Å². The van der Waals surface area contributed by atoms with Gasteiger partial charge in [0.25, 0.3) is 11.4 Å². The predicted molar refractivity (Wildman–Crippen MR) is 107 cm³/mol. The van der Waals surface area contributed by atoms with Crippen molar-refractivity contribution in [3.8, 4) is 0 Å². The molecule has 0 saturated carbocycles. The fraction of sp³-hybridized carbons (Fsp3) is 0.238. The number of nitro benzene ring substituents is 2. The summed E-state index contributed by atoms with van der Waals surface area (Å²) in [5.74, 6) is -1.47. The molecule has 0 aromatic heterocycles. The van der Waals surface area contributed by atoms with Crippen LogP contribution in [-0.4, -0.2) is 27.9 Å². The number of non-ortho nitro benzene ring substituents is 2. The summed E-state index contributed by atoms with van der Waals surface area (Å²) in [5.41, 5.74) is -0.00803. The highest BCUT2D eigenvalue weighted by Gasteiger charge is 2.25. The number of ether oxygens (including phenoxy) is 2. The van der Waals surface area contributed by atoms with Gasteiger partial charge < -0.3 is 9.47 Å². The minimum absolute atomic E-state index is 0.142. The van der Waals surface area contributed by atoms with Gasteiger partial charge in [-0.15, -0.1) is 0 Å². The van der Waals surface area contributed by atoms with E-state index < -0.39 is 45.4 Å². The minimum atomic E-state index is -0.951. The van der Waals surface area contributed by atoms with Crippen LogP contribution in [0.5, 0.6) is 0 Å². The normalized spacial score (nSPS) is 19.5. The van der Waals surface area contributed by atoms with E-state index in [9.17, 15) is 29.8 Å². The molecule has 0 unspecified atom stereocenters. The van der Waals surface area contributed by atoms with Gasteiger partial charge in [-0.1, -0.05) is 30.3 Å². The van der Waals surface area contributed by atoms with E-state index in [4.69, 9.17) is 9.47 Å². The van der Waals surface area contributed by atoms with E-state index in [1.165, 1.54) is 12.2 Å². The molecule has 3 rings (SSSR count). The zero-order chi connectivity index (χ0) is 22.5. The number of esters is 2. The Morgan fingerprint density at radius 3 is 2.39 bits per heavy atom. The molecule has 10 nitrogen and oxygen atoms in total. The topological polar surface area (TPSA) is 139 Å². The molecular weight excluding hydrogens is 408 g/mol. The van der Waals surface area contributed by atoms with Crippen molar-refractivity contribution in [2.24, 2.45) is 0 Å². The van der Waals surface area contributed by atoms with Crippen LogP contribution in [0.1, 0.15) is 40.9 Å². The average Bonchev–Trinajstić information content (AvgIpc) is 2.72. The lowest BCUT2D eigenvalue weighted by Crippen LogP contribution is -2.20. The number of fused-ring (bicyclic) bond motifs is 1. The molecule has 0 amide bonds. The van der Waals surface area contributed by atoms with Crippen molar-refractivity contribution in [3.05, 3.63) is 91.5 Å². The van der Waals surface area contributed by atoms with E-state index in [0.29, 0.717) is 12.0 Å². The van der Waals surface area contributed by atoms with Gasteiger partial charge in [0, 0.05) is 31.1 Å². The molecule has 10 heteroatoms. The van der Waals surface area contributed by atoms with Crippen LogP contribution in [-0.2, 0) is 20.7 Å². The lowest BCUT2D eigenvalue weighted by Gasteiger charge is -2.22. The molecule has 2 atom stereocenters. The van der Waals surface area contributed by atoms with Crippen LogP contribution in [0.25, 0.3) is 0 Å². The first-order valence-corrected chi connectivity index (χ1v) is 9.34. The van der Waals surface area contributed by atoms with Gasteiger partial charge in [0.2, 0.25) is 0 Å². The summed E-state index contributed by atoms with van der Waals surface area (Å²) in [6, 6.07) is 9.79. The molecule has 0 spiro atoms. The molecular formula is C21H18N2O8. The zero-order valence-corrected chi connectivity index (χ0v) is 16.4. The van der Waals surface area contributed by atoms with Gasteiger partial charge in [-0.25, -0.2) is 9.59 Å². The van der Waals surface area contributed by atoms with Crippen molar-refractivity contribution in [1.29, 1.82) is 0 Å². The number of carbonyl (C=O) groups excluding carboxylic acids is 2. The molecule has 0 bridgehead atoms. The van der Waals surface area contributed by atoms with Gasteiger partial charge in [0.1, 0.15) is 12.2 Å². The number of carbonyl (C=O) groups is 2. The van der Waals surface area contributed by atoms with Gasteiger partial charge in [0.05, 0.1) is 21.5 Å². The van der Waals surface area contributed by atoms with E-state index in [-0.39, 0.29) is 12.0 Å². The SMILES string of the molecule is C[C@@H]1Cc2ccccc2[C@@H](OC(=O)c2cc([N+](=O)[O-])cc([N+](=O)[O-])c2)C/C=C\C(=O)O1. The molecule has 2 aromatic carbocycles. The van der Waals surface area contributed by atoms with Crippen molar-refractivity contribution < 1.29 is 28.9 Å². The highest BCUT2D eigenvalue weighted by molar-refractivity contribution is 5.91. The Balaban J connectivity index is 1.97. The maximum Gasteiger partial charge on any atom is 0.339 e. The first kappa shape index (κ1) is 21.6. The molecule has 0 N–H and O–H groups in total. The summed E-state index contributed by atoms with van der Waals surface area (Å²) in [6.07, 6.45) is 2.06. The number of nitrogens with zero attached hydrogens (tertiary/aromatic N) is 2. The van der Waals surface area contributed by atoms with Crippen LogP contribution >= 0.6 is 0 Å². The Morgan fingerprint density at radius 2 is 1.74 bits per heavy atom. The van der Waals surface area contributed by atoms with Crippen LogP contribution in [0.15, 0.2) is 54.6 Å². The van der Waals surface area contributed by atoms with E-state index in [1.54, 1.807) is 25.1 Å². The first-order chi connectivity index (χ1) is 14.7. The Labute approximate surface area is 176 Å². The second kappa shape index (κ2) is 9.16. The maximum absolute atomic E-state index is 12.8. The van der Waals surface area contributed by atoms with Gasteiger partial charge in [-0.3, -0.25) is 20.2 Å². The molecule has 1 aliphatic heterocycles. The van der Waals surface area contributed by atoms with Gasteiger partial charge in [-0.05, 0) is 18.1 Å². The standard InChI is InChI=1S/C21H18N2O8/c1-13-9-14-5-2-3-6-18(14)19(7-4-8-20(24)30-13)31-21(25)15-10-16(22(26)27)12-17(11-15)23(28)29/h2-6,8,10-13,19H,7,9H2,1H3/b8-4-/t13-,19+/m1/s1. The molecule has 0 aliphatic carbocycles. The van der Waals surface area contributed by atoms with E-state index in [0.717, 1.165) is 23.8 Å². The minimum Gasteiger partial charge on any atom is -0.459 e. The lowest BCUT2D eigenvalue weighted by molar-refractivity contribution is -0.394. The van der Waals surface area contributed by atoms with Gasteiger partial charge in [0.15, 0.2) is 0 Å². The zero-order valence-electron chi connectivity index (χ0n) is 16.4. The third kappa shape index (κ3) is 5.30. The summed E-state index contributed by atoms with van der Waals surface area (Å²) in [6.45, 7) is 1.74. The molecule has 1 aliphatic rings. The quantitative estimate of drug-likeness (QED) is 0.408. The molecule has 31 heavy (non-hydrogen) atoms. The van der Waals surface area contributed by atoms with Crippen LogP contribution in [0, 0.1) is 20.2 Å². The molecule has 0 saturated heterocycles. The van der Waals surface area contributed by atoms with Crippen LogP contribution in [0.4, 0.5) is 11.4 Å². The summed E-state index contributed by atoms with van der Waals surface area (Å²) < 4.78 is 10.9. The van der Waals surface area contributed by atoms with Gasteiger partial charge in [-0.2, -0.15) is 0 Å². The number of rotatable bonds is 4. The summed E-state index contributed by atoms with van der Waals surface area (Å²) >= 11 is 0. The lowest BCUT2D eigenvalue weighted by atomic mass is 9.95. The largest absolute Gasteiger partial charge is 0.459 e. The molecule has 1 heterocycles.